The lowest BCUT2D eigenvalue weighted by atomic mass is 10.0. The van der Waals surface area contributed by atoms with Gasteiger partial charge < -0.3 is 18.9 Å². The molecule has 1 aromatic carbocycles. The molecular formula is C22H20N2O5S. The summed E-state index contributed by atoms with van der Waals surface area (Å²) in [6, 6.07) is 9.20. The van der Waals surface area contributed by atoms with Crippen molar-refractivity contribution >= 4 is 28.2 Å². The van der Waals surface area contributed by atoms with Crippen LogP contribution in [0.15, 0.2) is 55.6 Å². The molecule has 8 heteroatoms. The van der Waals surface area contributed by atoms with Crippen LogP contribution in [0.2, 0.25) is 0 Å². The Balaban J connectivity index is 1.39. The van der Waals surface area contributed by atoms with Crippen molar-refractivity contribution in [3.8, 4) is 16.5 Å². The van der Waals surface area contributed by atoms with Gasteiger partial charge in [0.1, 0.15) is 17.6 Å². The van der Waals surface area contributed by atoms with E-state index in [2.05, 4.69) is 10.3 Å². The predicted octanol–water partition coefficient (Wildman–Crippen LogP) is 4.08. The van der Waals surface area contributed by atoms with Crippen molar-refractivity contribution < 1.29 is 18.4 Å². The van der Waals surface area contributed by atoms with Gasteiger partial charge in [-0.15, -0.1) is 11.3 Å². The second-order valence-electron chi connectivity index (χ2n) is 6.75. The number of rotatable bonds is 7. The molecule has 0 aliphatic heterocycles. The third kappa shape index (κ3) is 4.13. The van der Waals surface area contributed by atoms with E-state index >= 15 is 0 Å². The van der Waals surface area contributed by atoms with Gasteiger partial charge in [-0.2, -0.15) is 0 Å². The molecule has 0 fully saturated rings. The number of aromatic nitrogens is 1. The Morgan fingerprint density at radius 2 is 2.17 bits per heavy atom. The molecule has 0 atom stereocenters. The van der Waals surface area contributed by atoms with Crippen LogP contribution in [-0.2, 0) is 17.8 Å². The van der Waals surface area contributed by atoms with Crippen molar-refractivity contribution in [3.05, 3.63) is 69.2 Å². The highest BCUT2D eigenvalue weighted by atomic mass is 32.1. The van der Waals surface area contributed by atoms with Gasteiger partial charge in [-0.25, -0.2) is 9.78 Å². The Bertz CT molecular complexity index is 1240. The number of aryl methyl sites for hydroxylation is 1. The number of hydrogen-bond acceptors (Lipinski definition) is 7. The van der Waals surface area contributed by atoms with E-state index in [0.29, 0.717) is 34.9 Å². The van der Waals surface area contributed by atoms with E-state index in [1.165, 1.54) is 17.6 Å². The van der Waals surface area contributed by atoms with Crippen LogP contribution in [0.25, 0.3) is 21.7 Å². The summed E-state index contributed by atoms with van der Waals surface area (Å²) in [5.74, 6) is 0.979. The van der Waals surface area contributed by atoms with Crippen molar-refractivity contribution in [1.82, 2.24) is 10.3 Å². The Hall–Kier alpha value is -3.39. The standard InChI is InChI=1S/C22H20N2O5S/c1-13-16-6-5-15(27-2)10-18(16)29-22(26)17(13)7-8-20(25)23-11-14-12-28-21(24-14)19-4-3-9-30-19/h3-6,9-10,12H,7-8,11H2,1-2H3,(H,23,25). The summed E-state index contributed by atoms with van der Waals surface area (Å²) in [4.78, 5) is 30.0. The van der Waals surface area contributed by atoms with E-state index in [0.717, 1.165) is 15.8 Å². The first kappa shape index (κ1) is 19.9. The molecule has 0 aliphatic carbocycles. The fraction of sp³-hybridized carbons (Fsp3) is 0.227. The molecule has 3 heterocycles. The van der Waals surface area contributed by atoms with E-state index in [9.17, 15) is 9.59 Å². The van der Waals surface area contributed by atoms with Gasteiger partial charge in [0.2, 0.25) is 11.8 Å². The number of hydrogen-bond donors (Lipinski definition) is 1. The van der Waals surface area contributed by atoms with E-state index in [1.54, 1.807) is 13.2 Å². The molecule has 30 heavy (non-hydrogen) atoms. The van der Waals surface area contributed by atoms with Crippen LogP contribution in [0.1, 0.15) is 23.2 Å². The average molecular weight is 424 g/mol. The molecule has 1 amide bonds. The van der Waals surface area contributed by atoms with Gasteiger partial charge in [0.15, 0.2) is 0 Å². The smallest absolute Gasteiger partial charge is 0.339 e. The Kier molecular flexibility index (Phi) is 5.67. The second kappa shape index (κ2) is 8.54. The molecular weight excluding hydrogens is 404 g/mol. The highest BCUT2D eigenvalue weighted by molar-refractivity contribution is 7.13. The Morgan fingerprint density at radius 3 is 2.93 bits per heavy atom. The fourth-order valence-corrected chi connectivity index (χ4v) is 3.86. The minimum Gasteiger partial charge on any atom is -0.497 e. The summed E-state index contributed by atoms with van der Waals surface area (Å²) in [5.41, 5.74) is 2.00. The van der Waals surface area contributed by atoms with Gasteiger partial charge in [-0.3, -0.25) is 4.79 Å². The largest absolute Gasteiger partial charge is 0.497 e. The van der Waals surface area contributed by atoms with Crippen LogP contribution in [-0.4, -0.2) is 18.0 Å². The number of nitrogens with zero attached hydrogens (tertiary/aromatic N) is 1. The molecule has 0 saturated heterocycles. The number of nitrogens with one attached hydrogen (secondary N) is 1. The van der Waals surface area contributed by atoms with Crippen molar-refractivity contribution in [2.45, 2.75) is 26.3 Å². The van der Waals surface area contributed by atoms with E-state index < -0.39 is 5.63 Å². The normalized spacial score (nSPS) is 11.0. The minimum atomic E-state index is -0.432. The van der Waals surface area contributed by atoms with Crippen molar-refractivity contribution in [2.75, 3.05) is 7.11 Å². The number of amides is 1. The molecule has 4 aromatic rings. The quantitative estimate of drug-likeness (QED) is 0.449. The summed E-state index contributed by atoms with van der Waals surface area (Å²) in [6.45, 7) is 2.12. The molecule has 154 valence electrons. The van der Waals surface area contributed by atoms with Gasteiger partial charge >= 0.3 is 5.63 Å². The first-order valence-electron chi connectivity index (χ1n) is 9.40. The van der Waals surface area contributed by atoms with Gasteiger partial charge in [0.05, 0.1) is 24.2 Å². The van der Waals surface area contributed by atoms with Crippen LogP contribution in [0.3, 0.4) is 0 Å². The van der Waals surface area contributed by atoms with Crippen molar-refractivity contribution in [1.29, 1.82) is 0 Å². The monoisotopic (exact) mass is 424 g/mol. The topological polar surface area (TPSA) is 94.6 Å². The molecule has 1 N–H and O–H groups in total. The number of oxazole rings is 1. The SMILES string of the molecule is COc1ccc2c(C)c(CCC(=O)NCc3coc(-c4cccs4)n3)c(=O)oc2c1. The van der Waals surface area contributed by atoms with E-state index in [4.69, 9.17) is 13.6 Å². The lowest BCUT2D eigenvalue weighted by Gasteiger charge is -2.09. The maximum absolute atomic E-state index is 12.4. The van der Waals surface area contributed by atoms with E-state index in [1.807, 2.05) is 36.6 Å². The van der Waals surface area contributed by atoms with Crippen LogP contribution in [0, 0.1) is 6.92 Å². The zero-order valence-corrected chi connectivity index (χ0v) is 17.4. The second-order valence-corrected chi connectivity index (χ2v) is 7.70. The van der Waals surface area contributed by atoms with Crippen molar-refractivity contribution in [2.24, 2.45) is 0 Å². The lowest BCUT2D eigenvalue weighted by Crippen LogP contribution is -2.24. The molecule has 0 bridgehead atoms. The van der Waals surface area contributed by atoms with Gasteiger partial charge in [-0.05, 0) is 42.5 Å². The maximum Gasteiger partial charge on any atom is 0.339 e. The zero-order valence-electron chi connectivity index (χ0n) is 16.6. The minimum absolute atomic E-state index is 0.170. The van der Waals surface area contributed by atoms with Gasteiger partial charge in [0, 0.05) is 23.4 Å². The van der Waals surface area contributed by atoms with Crippen LogP contribution < -0.4 is 15.7 Å². The first-order chi connectivity index (χ1) is 14.5. The number of benzene rings is 1. The third-order valence-electron chi connectivity index (χ3n) is 4.85. The number of carbonyl (C=O) groups excluding carboxylic acids is 1. The molecule has 4 rings (SSSR count). The average Bonchev–Trinajstić information content (AvgIpc) is 3.43. The summed E-state index contributed by atoms with van der Waals surface area (Å²) < 4.78 is 16.0. The maximum atomic E-state index is 12.4. The molecule has 0 unspecified atom stereocenters. The Labute approximate surface area is 176 Å². The van der Waals surface area contributed by atoms with Crippen LogP contribution >= 0.6 is 11.3 Å². The molecule has 7 nitrogen and oxygen atoms in total. The molecule has 0 spiro atoms. The molecule has 3 aromatic heterocycles. The number of ether oxygens (including phenoxy) is 1. The number of methoxy groups -OCH3 is 1. The highest BCUT2D eigenvalue weighted by Gasteiger charge is 2.14. The number of thiophene rings is 1. The molecule has 0 radical (unpaired) electrons. The summed E-state index contributed by atoms with van der Waals surface area (Å²) in [6.07, 6.45) is 2.00. The van der Waals surface area contributed by atoms with Gasteiger partial charge in [0.25, 0.3) is 0 Å². The van der Waals surface area contributed by atoms with Crippen LogP contribution in [0.5, 0.6) is 5.75 Å². The zero-order chi connectivity index (χ0) is 21.1. The summed E-state index contributed by atoms with van der Waals surface area (Å²) in [7, 11) is 1.56. The first-order valence-corrected chi connectivity index (χ1v) is 10.3. The third-order valence-corrected chi connectivity index (χ3v) is 5.70. The Morgan fingerprint density at radius 1 is 1.30 bits per heavy atom. The number of fused-ring (bicyclic) bond motifs is 1. The summed E-state index contributed by atoms with van der Waals surface area (Å²) >= 11 is 1.54. The highest BCUT2D eigenvalue weighted by Crippen LogP contribution is 2.25. The predicted molar refractivity (Wildman–Crippen MR) is 114 cm³/mol. The summed E-state index contributed by atoms with van der Waals surface area (Å²) in [5, 5.41) is 5.59. The lowest BCUT2D eigenvalue weighted by molar-refractivity contribution is -0.121. The van der Waals surface area contributed by atoms with Crippen LogP contribution in [0.4, 0.5) is 0 Å². The number of carbonyl (C=O) groups is 1. The van der Waals surface area contributed by atoms with E-state index in [-0.39, 0.29) is 18.9 Å². The fourth-order valence-electron chi connectivity index (χ4n) is 3.21. The molecule has 0 aliphatic rings. The van der Waals surface area contributed by atoms with Crippen molar-refractivity contribution in [3.63, 3.8) is 0 Å². The molecule has 0 saturated carbocycles. The van der Waals surface area contributed by atoms with Gasteiger partial charge in [-0.1, -0.05) is 6.07 Å².